The number of hydrogen-bond donors (Lipinski definition) is 0. The molecule has 24 valence electrons. The van der Waals surface area contributed by atoms with Crippen LogP contribution in [0.15, 0.2) is 0 Å². The molecule has 4 heavy (non-hydrogen) atoms. The summed E-state index contributed by atoms with van der Waals surface area (Å²) in [6.45, 7) is 0. The second-order valence-electron chi connectivity index (χ2n) is 0. The van der Waals surface area contributed by atoms with Gasteiger partial charge in [-0.2, -0.15) is 0 Å². The zero-order valence-electron chi connectivity index (χ0n) is 3.13. The molecule has 0 atom stereocenters. The predicted octanol–water partition coefficient (Wildman–Crippen LogP) is -3.01. The first-order valence-corrected chi connectivity index (χ1v) is 0.532. The van der Waals surface area contributed by atoms with Crippen LogP contribution in [0.5, 0.6) is 0 Å². The Morgan fingerprint density at radius 3 is 1.50 bits per heavy atom. The van der Waals surface area contributed by atoms with Crippen LogP contribution in [0.4, 0.5) is 0 Å². The Hall–Kier alpha value is 1.58. The molecule has 0 aliphatic heterocycles. The van der Waals surface area contributed by atoms with Crippen molar-refractivity contribution in [3.05, 3.63) is 0 Å². The molecule has 0 aliphatic rings. The Kier molecular flexibility index (Phi) is 103. The number of rotatable bonds is 0. The quantitative estimate of drug-likeness (QED) is 0.427. The molecule has 1 nitrogen and oxygen atoms in total. The van der Waals surface area contributed by atoms with Crippen LogP contribution in [0, 0.1) is 0 Å². The second-order valence-corrected chi connectivity index (χ2v) is 0. The zero-order chi connectivity index (χ0) is 2.00. The fourth-order valence-electron chi connectivity index (χ4n) is 0. The van der Waals surface area contributed by atoms with E-state index in [4.69, 9.17) is 3.90 Å². The van der Waals surface area contributed by atoms with Crippen molar-refractivity contribution in [1.82, 2.24) is 0 Å². The summed E-state index contributed by atoms with van der Waals surface area (Å²) in [5.41, 5.74) is 0. The summed E-state index contributed by atoms with van der Waals surface area (Å²) in [4.78, 5) is 0. The molecule has 0 aromatic rings. The van der Waals surface area contributed by atoms with Crippen molar-refractivity contribution < 1.29 is 60.6 Å². The standard InChI is InChI=1S/Li.Ni.O.W.H/q+1;;;;-1. The van der Waals surface area contributed by atoms with E-state index in [-0.39, 0.29) is 41.4 Å². The first-order valence-electron chi connectivity index (χ1n) is 0.129. The second kappa shape index (κ2) is 23.5. The van der Waals surface area contributed by atoms with Crippen LogP contribution in [0.25, 0.3) is 0 Å². The summed E-state index contributed by atoms with van der Waals surface area (Å²) in [5.74, 6) is 0. The maximum atomic E-state index is 7.88. The van der Waals surface area contributed by atoms with Crippen molar-refractivity contribution in [2.75, 3.05) is 0 Å². The molecule has 0 aromatic heterocycles. The molecule has 0 heterocycles. The topological polar surface area (TPSA) is 17.1 Å². The van der Waals surface area contributed by atoms with Crippen LogP contribution in [-0.4, -0.2) is 0 Å². The minimum atomic E-state index is 0. The van der Waals surface area contributed by atoms with E-state index in [1.807, 2.05) is 0 Å². The Morgan fingerprint density at radius 1 is 1.50 bits per heavy atom. The number of hydrogen-bond acceptors (Lipinski definition) is 1. The molecule has 0 amide bonds. The van der Waals surface area contributed by atoms with Crippen LogP contribution in [0.1, 0.15) is 1.43 Å². The van der Waals surface area contributed by atoms with E-state index < -0.39 is 0 Å². The van der Waals surface area contributed by atoms with E-state index in [2.05, 4.69) is 15.4 Å². The van der Waals surface area contributed by atoms with E-state index in [9.17, 15) is 0 Å². The molecule has 0 N–H and O–H groups in total. The van der Waals surface area contributed by atoms with Crippen molar-refractivity contribution in [1.29, 1.82) is 0 Å². The van der Waals surface area contributed by atoms with Gasteiger partial charge in [-0.05, 0) is 0 Å². The van der Waals surface area contributed by atoms with Gasteiger partial charge in [-0.25, -0.2) is 0 Å². The van der Waals surface area contributed by atoms with Gasteiger partial charge in [0.05, 0.1) is 0 Å². The average molecular weight is 266 g/mol. The van der Waals surface area contributed by atoms with E-state index in [0.717, 1.165) is 0 Å². The Morgan fingerprint density at radius 2 is 1.50 bits per heavy atom. The smallest absolute Gasteiger partial charge is 0 e. The van der Waals surface area contributed by atoms with Gasteiger partial charge < -0.3 is 1.43 Å². The van der Waals surface area contributed by atoms with Crippen LogP contribution >= 0.6 is 0 Å². The summed E-state index contributed by atoms with van der Waals surface area (Å²) in [5, 5.41) is 0. The molecule has 0 fully saturated rings. The molecule has 0 aromatic carbocycles. The first-order chi connectivity index (χ1) is 1.00. The summed E-state index contributed by atoms with van der Waals surface area (Å²) >= 11 is 2.62. The van der Waals surface area contributed by atoms with E-state index in [1.165, 1.54) is 0 Å². The van der Waals surface area contributed by atoms with Crippen molar-refractivity contribution in [2.45, 2.75) is 0 Å². The largest absolute Gasteiger partial charge is 0 e. The minimum Gasteiger partial charge on any atom is 0 e. The van der Waals surface area contributed by atoms with Gasteiger partial charge in [-0.1, -0.05) is 0 Å². The van der Waals surface area contributed by atoms with Crippen LogP contribution in [0.2, 0.25) is 0 Å². The fourth-order valence-corrected chi connectivity index (χ4v) is 0. The Bertz CT molecular complexity index is 11.6. The molecule has 0 unspecified atom stereocenters. The van der Waals surface area contributed by atoms with E-state index >= 15 is 0 Å². The zero-order valence-corrected chi connectivity index (χ0v) is 6.05. The van der Waals surface area contributed by atoms with Crippen molar-refractivity contribution in [2.24, 2.45) is 0 Å². The average Bonchev–Trinajstić information content (AvgIpc) is 1.00. The van der Waals surface area contributed by atoms with Gasteiger partial charge in [0, 0.05) is 21.1 Å². The van der Waals surface area contributed by atoms with Crippen molar-refractivity contribution in [3.8, 4) is 0 Å². The maximum Gasteiger partial charge on any atom is 0 e. The molecule has 0 saturated carbocycles. The van der Waals surface area contributed by atoms with Crippen LogP contribution in [0.3, 0.4) is 0 Å². The summed E-state index contributed by atoms with van der Waals surface area (Å²) < 4.78 is 7.88. The molecular weight excluding hydrogens is 265 g/mol. The van der Waals surface area contributed by atoms with Gasteiger partial charge in [-0.15, -0.1) is 0 Å². The molecule has 0 aliphatic carbocycles. The van der Waals surface area contributed by atoms with Gasteiger partial charge in [-0.3, -0.25) is 0 Å². The third-order valence-corrected chi connectivity index (χ3v) is 0. The normalized spacial score (nSPS) is 1.50. The van der Waals surface area contributed by atoms with Crippen molar-refractivity contribution >= 4 is 0 Å². The van der Waals surface area contributed by atoms with Gasteiger partial charge >= 0.3 is 38.1 Å². The third kappa shape index (κ3) is 9.55. The molecule has 0 rings (SSSR count). The fraction of sp³-hybridized carbons (Fsp3) is 0. The van der Waals surface area contributed by atoms with E-state index in [1.54, 1.807) is 0 Å². The summed E-state index contributed by atoms with van der Waals surface area (Å²) in [6.07, 6.45) is 0. The Labute approximate surface area is 60.4 Å². The minimum absolute atomic E-state index is 0. The van der Waals surface area contributed by atoms with Gasteiger partial charge in [0.1, 0.15) is 0 Å². The van der Waals surface area contributed by atoms with Crippen LogP contribution < -0.4 is 18.9 Å². The van der Waals surface area contributed by atoms with Gasteiger partial charge in [0.15, 0.2) is 0 Å². The molecule has 0 bridgehead atoms. The molecular formula is HLiNiOW. The predicted molar refractivity (Wildman–Crippen MR) is 1.80 cm³/mol. The molecule has 4 heteroatoms. The molecule has 0 saturated heterocycles. The maximum absolute atomic E-state index is 7.88. The molecule has 0 radical (unpaired) electrons. The molecule has 0 spiro atoms. The van der Waals surface area contributed by atoms with E-state index in [0.29, 0.717) is 0 Å². The van der Waals surface area contributed by atoms with Crippen LogP contribution in [-0.2, 0) is 40.4 Å². The summed E-state index contributed by atoms with van der Waals surface area (Å²) in [6, 6.07) is 0. The third-order valence-electron chi connectivity index (χ3n) is 0. The summed E-state index contributed by atoms with van der Waals surface area (Å²) in [7, 11) is 0. The monoisotopic (exact) mass is 266 g/mol. The SMILES string of the molecule is [H-].[Li+].[O]=[Ni].[W]. The van der Waals surface area contributed by atoms with Crippen molar-refractivity contribution in [3.63, 3.8) is 0 Å². The van der Waals surface area contributed by atoms with Gasteiger partial charge in [0.25, 0.3) is 0 Å². The first kappa shape index (κ1) is 17.6. The Balaban J connectivity index is -0.00000000167. The van der Waals surface area contributed by atoms with Gasteiger partial charge in [0.2, 0.25) is 0 Å².